The fourth-order valence-electron chi connectivity index (χ4n) is 5.17. The third kappa shape index (κ3) is 4.38. The molecule has 2 saturated heterocycles. The third-order valence-electron chi connectivity index (χ3n) is 7.34. The van der Waals surface area contributed by atoms with E-state index in [-0.39, 0.29) is 54.7 Å². The molecule has 1 aromatic heterocycles. The number of hydrogen-bond acceptors (Lipinski definition) is 6. The zero-order chi connectivity index (χ0) is 28.0. The standard InChI is InChI=1S/C25H30F2N6O4S/c1-15(2)11-21(34)33-10-9-25(14-33)24(3,31-23(28)32(4)38(25,36)37)18-12-17(6-7-19(18)27)30-22(35)20-8-5-16(26)13-29-20/h5-8,12-13,15H,9-11,14H2,1-4H3,(H2,28,31)(H,30,35)/t24-,25?/m1/s1. The van der Waals surface area contributed by atoms with Gasteiger partial charge in [-0.05, 0) is 49.6 Å². The number of amides is 2. The highest BCUT2D eigenvalue weighted by Gasteiger charge is 2.67. The van der Waals surface area contributed by atoms with E-state index in [0.29, 0.717) is 0 Å². The molecule has 2 aliphatic rings. The number of benzene rings is 1. The van der Waals surface area contributed by atoms with Gasteiger partial charge in [0, 0.05) is 37.8 Å². The summed E-state index contributed by atoms with van der Waals surface area (Å²) in [4.78, 5) is 30.7. The Balaban J connectivity index is 1.77. The van der Waals surface area contributed by atoms with Crippen LogP contribution < -0.4 is 10.6 Å². The topological polar surface area (TPSA) is 136 Å². The molecule has 3 N–H and O–H groups in total. The van der Waals surface area contributed by atoms with E-state index >= 15 is 4.39 Å². The summed E-state index contributed by atoms with van der Waals surface area (Å²) in [6, 6.07) is 5.97. The van der Waals surface area contributed by atoms with Crippen LogP contribution in [0.3, 0.4) is 0 Å². The Bertz CT molecular complexity index is 1400. The second-order valence-corrected chi connectivity index (χ2v) is 12.5. The molecular weight excluding hydrogens is 518 g/mol. The van der Waals surface area contributed by atoms with Crippen molar-refractivity contribution in [3.63, 3.8) is 0 Å². The van der Waals surface area contributed by atoms with E-state index in [2.05, 4.69) is 15.6 Å². The van der Waals surface area contributed by atoms with Crippen LogP contribution in [-0.4, -0.2) is 65.3 Å². The summed E-state index contributed by atoms with van der Waals surface area (Å²) in [5, 5.41) is 13.8. The van der Waals surface area contributed by atoms with Gasteiger partial charge in [-0.2, -0.15) is 0 Å². The monoisotopic (exact) mass is 548 g/mol. The number of carbonyl (C=O) groups is 2. The predicted molar refractivity (Wildman–Crippen MR) is 137 cm³/mol. The molecule has 1 unspecified atom stereocenters. The number of halogens is 2. The number of hydrogen-bond donors (Lipinski definition) is 3. The molecule has 1 aromatic carbocycles. The van der Waals surface area contributed by atoms with Crippen molar-refractivity contribution in [3.8, 4) is 0 Å². The van der Waals surface area contributed by atoms with Gasteiger partial charge >= 0.3 is 0 Å². The maximum atomic E-state index is 15.5. The van der Waals surface area contributed by atoms with Gasteiger partial charge in [0.2, 0.25) is 21.9 Å². The van der Waals surface area contributed by atoms with Crippen molar-refractivity contribution in [2.24, 2.45) is 5.92 Å². The Hall–Kier alpha value is -3.61. The largest absolute Gasteiger partial charge is 0.344 e. The second kappa shape index (κ2) is 9.61. The second-order valence-electron chi connectivity index (χ2n) is 10.2. The summed E-state index contributed by atoms with van der Waals surface area (Å²) in [6.45, 7) is 5.22. The first kappa shape index (κ1) is 27.4. The summed E-state index contributed by atoms with van der Waals surface area (Å²) in [5.41, 5.74) is -1.70. The van der Waals surface area contributed by atoms with Gasteiger partial charge in [-0.1, -0.05) is 13.8 Å². The van der Waals surface area contributed by atoms with Crippen LogP contribution in [0.4, 0.5) is 14.5 Å². The Kier molecular flexibility index (Phi) is 6.93. The minimum absolute atomic E-state index is 0.00974. The highest BCUT2D eigenvalue weighted by atomic mass is 32.2. The fraction of sp³-hybridized carbons (Fsp3) is 0.440. The number of likely N-dealkylation sites (tertiary alicyclic amines) is 1. The molecule has 13 heteroatoms. The molecule has 38 heavy (non-hydrogen) atoms. The molecule has 0 radical (unpaired) electrons. The van der Waals surface area contributed by atoms with E-state index < -0.39 is 43.8 Å². The van der Waals surface area contributed by atoms with Crippen molar-refractivity contribution in [2.45, 2.75) is 43.9 Å². The van der Waals surface area contributed by atoms with E-state index in [1.165, 1.54) is 37.1 Å². The number of sulfonamides is 1. The zero-order valence-corrected chi connectivity index (χ0v) is 22.3. The Morgan fingerprint density at radius 1 is 1.24 bits per heavy atom. The lowest BCUT2D eigenvalue weighted by molar-refractivity contribution is -0.131. The number of nitrogens with zero attached hydrogens (tertiary/aromatic N) is 3. The first-order valence-electron chi connectivity index (χ1n) is 12.1. The van der Waals surface area contributed by atoms with Crippen LogP contribution in [0.25, 0.3) is 0 Å². The maximum absolute atomic E-state index is 15.5. The van der Waals surface area contributed by atoms with Gasteiger partial charge in [0.25, 0.3) is 5.91 Å². The van der Waals surface area contributed by atoms with Crippen LogP contribution in [0.2, 0.25) is 0 Å². The van der Waals surface area contributed by atoms with E-state index in [4.69, 9.17) is 5.41 Å². The first-order valence-corrected chi connectivity index (χ1v) is 13.5. The Morgan fingerprint density at radius 2 is 1.95 bits per heavy atom. The van der Waals surface area contributed by atoms with Crippen LogP contribution in [0.1, 0.15) is 49.7 Å². The van der Waals surface area contributed by atoms with E-state index in [1.807, 2.05) is 13.8 Å². The average Bonchev–Trinajstić information content (AvgIpc) is 3.32. The van der Waals surface area contributed by atoms with Crippen molar-refractivity contribution in [3.05, 3.63) is 59.4 Å². The maximum Gasteiger partial charge on any atom is 0.274 e. The van der Waals surface area contributed by atoms with Crippen LogP contribution >= 0.6 is 0 Å². The number of guanidine groups is 1. The molecule has 2 atom stereocenters. The molecule has 3 heterocycles. The molecule has 0 aliphatic carbocycles. The van der Waals surface area contributed by atoms with Crippen molar-refractivity contribution in [2.75, 3.05) is 25.5 Å². The molecule has 204 valence electrons. The van der Waals surface area contributed by atoms with Gasteiger partial charge in [0.15, 0.2) is 0 Å². The number of rotatable bonds is 5. The number of carbonyl (C=O) groups excluding carboxylic acids is 2. The highest BCUT2D eigenvalue weighted by molar-refractivity contribution is 7.91. The molecule has 4 rings (SSSR count). The molecule has 10 nitrogen and oxygen atoms in total. The summed E-state index contributed by atoms with van der Waals surface area (Å²) in [5.74, 6) is -2.63. The molecule has 0 bridgehead atoms. The van der Waals surface area contributed by atoms with E-state index in [0.717, 1.165) is 22.6 Å². The number of aromatic nitrogens is 1. The van der Waals surface area contributed by atoms with Gasteiger partial charge in [0.1, 0.15) is 22.1 Å². The van der Waals surface area contributed by atoms with Crippen LogP contribution in [0.5, 0.6) is 0 Å². The highest BCUT2D eigenvalue weighted by Crippen LogP contribution is 2.49. The van der Waals surface area contributed by atoms with E-state index in [1.54, 1.807) is 0 Å². The lowest BCUT2D eigenvalue weighted by atomic mass is 9.77. The fourth-order valence-corrected chi connectivity index (χ4v) is 7.32. The summed E-state index contributed by atoms with van der Waals surface area (Å²) in [7, 11) is -3.00. The van der Waals surface area contributed by atoms with Gasteiger partial charge in [0.05, 0.1) is 11.7 Å². The minimum atomic E-state index is -4.25. The summed E-state index contributed by atoms with van der Waals surface area (Å²) in [6.07, 6.45) is 1.14. The molecule has 2 aliphatic heterocycles. The smallest absolute Gasteiger partial charge is 0.274 e. The van der Waals surface area contributed by atoms with Crippen molar-refractivity contribution >= 4 is 33.5 Å². The van der Waals surface area contributed by atoms with Gasteiger partial charge in [-0.25, -0.2) is 26.5 Å². The molecule has 2 aromatic rings. The molecular formula is C25H30F2N6O4S. The minimum Gasteiger partial charge on any atom is -0.344 e. The SMILES string of the molecule is CC(C)CC(=O)N1CCC2(C1)[C@@](C)(c1cc(NC(=O)c3ccc(F)cn3)ccc1F)NC(=N)N(C)S2(=O)=O. The van der Waals surface area contributed by atoms with Crippen LogP contribution in [-0.2, 0) is 20.4 Å². The molecule has 1 spiro atoms. The first-order chi connectivity index (χ1) is 17.7. The van der Waals surface area contributed by atoms with Crippen molar-refractivity contribution in [1.82, 2.24) is 19.5 Å². The van der Waals surface area contributed by atoms with Crippen molar-refractivity contribution in [1.29, 1.82) is 5.41 Å². The van der Waals surface area contributed by atoms with Gasteiger partial charge in [-0.15, -0.1) is 0 Å². The lowest BCUT2D eigenvalue weighted by Gasteiger charge is -2.52. The number of anilines is 1. The Morgan fingerprint density at radius 3 is 2.58 bits per heavy atom. The van der Waals surface area contributed by atoms with Crippen LogP contribution in [0.15, 0.2) is 36.5 Å². The van der Waals surface area contributed by atoms with E-state index in [9.17, 15) is 22.4 Å². The Labute approximate surface area is 220 Å². The molecule has 2 fully saturated rings. The quantitative estimate of drug-likeness (QED) is 0.526. The van der Waals surface area contributed by atoms with Gasteiger partial charge in [-0.3, -0.25) is 15.0 Å². The number of nitrogens with one attached hydrogen (secondary N) is 3. The normalized spacial score (nSPS) is 24.6. The zero-order valence-electron chi connectivity index (χ0n) is 21.5. The van der Waals surface area contributed by atoms with Gasteiger partial charge < -0.3 is 15.5 Å². The number of pyridine rings is 1. The summed E-state index contributed by atoms with van der Waals surface area (Å²) < 4.78 is 55.6. The average molecular weight is 549 g/mol. The third-order valence-corrected chi connectivity index (χ3v) is 9.97. The molecule has 0 saturated carbocycles. The molecule has 2 amide bonds. The summed E-state index contributed by atoms with van der Waals surface area (Å²) >= 11 is 0. The predicted octanol–water partition coefficient (Wildman–Crippen LogP) is 2.64. The lowest BCUT2D eigenvalue weighted by Crippen LogP contribution is -2.74. The van der Waals surface area contributed by atoms with Crippen LogP contribution in [0, 0.1) is 23.0 Å². The van der Waals surface area contributed by atoms with Crippen molar-refractivity contribution < 1.29 is 26.8 Å².